The molecule has 0 saturated heterocycles. The minimum Gasteiger partial charge on any atom is -0.496 e. The first-order valence-electron chi connectivity index (χ1n) is 9.55. The van der Waals surface area contributed by atoms with Crippen molar-refractivity contribution >= 4 is 17.0 Å². The molecule has 3 N–H and O–H groups in total. The molecule has 154 valence electrons. The Balaban J connectivity index is 1.89. The fraction of sp³-hybridized carbons (Fsp3) is 0.227. The minimum absolute atomic E-state index is 0.0975. The van der Waals surface area contributed by atoms with Crippen LogP contribution in [0.1, 0.15) is 16.2 Å². The van der Waals surface area contributed by atoms with Gasteiger partial charge < -0.3 is 24.7 Å². The van der Waals surface area contributed by atoms with Crippen molar-refractivity contribution in [3.05, 3.63) is 54.1 Å². The van der Waals surface area contributed by atoms with Crippen LogP contribution in [0.25, 0.3) is 33.5 Å². The third-order valence-corrected chi connectivity index (χ3v) is 4.98. The number of aromatic nitrogens is 4. The summed E-state index contributed by atoms with van der Waals surface area (Å²) in [5, 5.41) is 10.6. The van der Waals surface area contributed by atoms with E-state index in [-0.39, 0.29) is 5.56 Å². The van der Waals surface area contributed by atoms with Gasteiger partial charge >= 0.3 is 5.97 Å². The zero-order valence-electron chi connectivity index (χ0n) is 17.1. The summed E-state index contributed by atoms with van der Waals surface area (Å²) in [5.74, 6) is 0.102. The number of carboxylic acids is 1. The highest BCUT2D eigenvalue weighted by atomic mass is 16.5. The molecule has 30 heavy (non-hydrogen) atoms. The molecule has 0 saturated carbocycles. The Morgan fingerprint density at radius 2 is 2.07 bits per heavy atom. The van der Waals surface area contributed by atoms with Crippen molar-refractivity contribution in [2.75, 3.05) is 27.7 Å². The largest absolute Gasteiger partial charge is 0.496 e. The van der Waals surface area contributed by atoms with Crippen LogP contribution in [0, 0.1) is 0 Å². The van der Waals surface area contributed by atoms with E-state index >= 15 is 0 Å². The summed E-state index contributed by atoms with van der Waals surface area (Å²) >= 11 is 0. The highest BCUT2D eigenvalue weighted by Gasteiger charge is 2.20. The number of ether oxygens (including phenoxy) is 1. The molecule has 0 unspecified atom stereocenters. The molecule has 0 bridgehead atoms. The van der Waals surface area contributed by atoms with Crippen LogP contribution in [0.2, 0.25) is 0 Å². The summed E-state index contributed by atoms with van der Waals surface area (Å²) in [7, 11) is 5.49. The highest BCUT2D eigenvalue weighted by molar-refractivity contribution is 5.97. The zero-order chi connectivity index (χ0) is 21.3. The normalized spacial score (nSPS) is 11.3. The molecule has 8 nitrogen and oxygen atoms in total. The molecule has 1 aromatic carbocycles. The van der Waals surface area contributed by atoms with Crippen LogP contribution >= 0.6 is 0 Å². The minimum atomic E-state index is -1.05. The van der Waals surface area contributed by atoms with Crippen LogP contribution in [0.5, 0.6) is 5.75 Å². The van der Waals surface area contributed by atoms with E-state index in [0.717, 1.165) is 41.1 Å². The number of pyridine rings is 1. The summed E-state index contributed by atoms with van der Waals surface area (Å²) in [6, 6.07) is 9.00. The lowest BCUT2D eigenvalue weighted by atomic mass is 10.0. The van der Waals surface area contributed by atoms with Crippen molar-refractivity contribution in [3.63, 3.8) is 0 Å². The Morgan fingerprint density at radius 1 is 1.23 bits per heavy atom. The van der Waals surface area contributed by atoms with Crippen LogP contribution < -0.4 is 4.74 Å². The molecule has 0 spiro atoms. The van der Waals surface area contributed by atoms with E-state index < -0.39 is 5.97 Å². The quantitative estimate of drug-likeness (QED) is 0.435. The molecule has 0 aliphatic rings. The number of nitrogens with zero attached hydrogens (tertiary/aromatic N) is 3. The summed E-state index contributed by atoms with van der Waals surface area (Å²) in [6.07, 6.45) is 4.33. The van der Waals surface area contributed by atoms with Gasteiger partial charge in [-0.2, -0.15) is 0 Å². The van der Waals surface area contributed by atoms with E-state index in [9.17, 15) is 9.90 Å². The average Bonchev–Trinajstić information content (AvgIpc) is 3.38. The number of hydrogen-bond acceptors (Lipinski definition) is 5. The van der Waals surface area contributed by atoms with Gasteiger partial charge in [-0.15, -0.1) is 0 Å². The molecule has 4 rings (SSSR count). The van der Waals surface area contributed by atoms with Crippen LogP contribution in [-0.2, 0) is 6.42 Å². The molecular weight excluding hydrogens is 382 g/mol. The van der Waals surface area contributed by atoms with Gasteiger partial charge in [-0.05, 0) is 44.4 Å². The Kier molecular flexibility index (Phi) is 5.24. The van der Waals surface area contributed by atoms with Gasteiger partial charge in [0.15, 0.2) is 0 Å². The number of nitrogens with one attached hydrogen (secondary N) is 2. The molecule has 4 aromatic rings. The molecule has 0 atom stereocenters. The van der Waals surface area contributed by atoms with E-state index in [1.165, 1.54) is 7.11 Å². The van der Waals surface area contributed by atoms with E-state index in [0.29, 0.717) is 17.0 Å². The molecular formula is C22H23N5O3. The van der Waals surface area contributed by atoms with Crippen LogP contribution in [0.4, 0.5) is 0 Å². The maximum Gasteiger partial charge on any atom is 0.339 e. The lowest BCUT2D eigenvalue weighted by Gasteiger charge is -2.08. The number of carbonyl (C=O) groups is 1. The molecule has 3 heterocycles. The maximum atomic E-state index is 11.7. The van der Waals surface area contributed by atoms with Gasteiger partial charge in [0.2, 0.25) is 0 Å². The second kappa shape index (κ2) is 8.00. The van der Waals surface area contributed by atoms with Crippen molar-refractivity contribution in [3.8, 4) is 28.3 Å². The number of H-pyrrole nitrogens is 2. The van der Waals surface area contributed by atoms with Crippen molar-refractivity contribution in [2.24, 2.45) is 0 Å². The summed E-state index contributed by atoms with van der Waals surface area (Å²) in [4.78, 5) is 29.6. The number of likely N-dealkylation sites (N-methyl/N-ethyl adjacent to an activating group) is 1. The molecule has 0 aliphatic carbocycles. The smallest absolute Gasteiger partial charge is 0.339 e. The van der Waals surface area contributed by atoms with Crippen LogP contribution in [0.15, 0.2) is 42.7 Å². The molecule has 8 heteroatoms. The molecule has 0 radical (unpaired) electrons. The maximum absolute atomic E-state index is 11.7. The van der Waals surface area contributed by atoms with Crippen molar-refractivity contribution in [1.29, 1.82) is 0 Å². The first kappa shape index (κ1) is 19.7. The molecule has 3 aromatic heterocycles. The predicted octanol–water partition coefficient (Wildman–Crippen LogP) is 3.43. The average molecular weight is 405 g/mol. The number of imidazole rings is 1. The van der Waals surface area contributed by atoms with Gasteiger partial charge in [0.1, 0.15) is 22.8 Å². The van der Waals surface area contributed by atoms with Gasteiger partial charge in [-0.3, -0.25) is 0 Å². The summed E-state index contributed by atoms with van der Waals surface area (Å²) in [5.41, 5.74) is 4.06. The number of aromatic amines is 2. The number of fused-ring (bicyclic) bond motifs is 1. The van der Waals surface area contributed by atoms with E-state index in [4.69, 9.17) is 9.72 Å². The van der Waals surface area contributed by atoms with E-state index in [1.807, 2.05) is 38.5 Å². The second-order valence-corrected chi connectivity index (χ2v) is 7.28. The van der Waals surface area contributed by atoms with Gasteiger partial charge in [0.05, 0.1) is 18.5 Å². The fourth-order valence-corrected chi connectivity index (χ4v) is 3.48. The SMILES string of the molecule is COc1ccc(-c2nc(CCN(C)C)[nH]c2-c2ccnc3[nH]ccc23)cc1C(=O)O. The number of aromatic carboxylic acids is 1. The predicted molar refractivity (Wildman–Crippen MR) is 115 cm³/mol. The Bertz CT molecular complexity index is 1210. The first-order valence-corrected chi connectivity index (χ1v) is 9.55. The number of methoxy groups -OCH3 is 1. The monoisotopic (exact) mass is 405 g/mol. The molecule has 0 amide bonds. The van der Waals surface area contributed by atoms with Gasteiger partial charge in [0, 0.05) is 41.9 Å². The topological polar surface area (TPSA) is 107 Å². The standard InChI is InChI=1S/C22H23N5O3/c1-27(2)11-8-18-25-19(13-4-5-17(30-3)16(12-13)22(28)29)20(26-18)14-6-9-23-21-15(14)7-10-24-21/h4-7,9-10,12H,8,11H2,1-3H3,(H,23,24)(H,25,26)(H,28,29). The van der Waals surface area contributed by atoms with E-state index in [1.54, 1.807) is 18.3 Å². The summed E-state index contributed by atoms with van der Waals surface area (Å²) < 4.78 is 5.20. The fourth-order valence-electron chi connectivity index (χ4n) is 3.48. The van der Waals surface area contributed by atoms with E-state index in [2.05, 4.69) is 19.9 Å². The number of carboxylic acid groups (broad SMARTS) is 1. The van der Waals surface area contributed by atoms with Crippen LogP contribution in [0.3, 0.4) is 0 Å². The Labute approximate surface area is 173 Å². The van der Waals surface area contributed by atoms with Crippen LogP contribution in [-0.4, -0.2) is 63.7 Å². The number of rotatable bonds is 7. The Hall–Kier alpha value is -3.65. The van der Waals surface area contributed by atoms with Gasteiger partial charge in [-0.25, -0.2) is 14.8 Å². The Morgan fingerprint density at radius 3 is 2.80 bits per heavy atom. The summed E-state index contributed by atoms with van der Waals surface area (Å²) in [6.45, 7) is 0.839. The number of hydrogen-bond donors (Lipinski definition) is 3. The highest BCUT2D eigenvalue weighted by Crippen LogP contribution is 2.35. The lowest BCUT2D eigenvalue weighted by molar-refractivity contribution is 0.0693. The van der Waals surface area contributed by atoms with Gasteiger partial charge in [0.25, 0.3) is 0 Å². The van der Waals surface area contributed by atoms with Gasteiger partial charge in [-0.1, -0.05) is 0 Å². The lowest BCUT2D eigenvalue weighted by Crippen LogP contribution is -2.15. The molecule has 0 fully saturated rings. The zero-order valence-corrected chi connectivity index (χ0v) is 17.1. The van der Waals surface area contributed by atoms with Crippen molar-refractivity contribution in [2.45, 2.75) is 6.42 Å². The van der Waals surface area contributed by atoms with Crippen molar-refractivity contribution in [1.82, 2.24) is 24.8 Å². The molecule has 0 aliphatic heterocycles. The third-order valence-electron chi connectivity index (χ3n) is 4.98. The third kappa shape index (κ3) is 3.65. The second-order valence-electron chi connectivity index (χ2n) is 7.28. The van der Waals surface area contributed by atoms with Crippen molar-refractivity contribution < 1.29 is 14.6 Å². The first-order chi connectivity index (χ1) is 14.5. The number of benzene rings is 1.